The van der Waals surface area contributed by atoms with Crippen LogP contribution < -0.4 is 5.32 Å². The van der Waals surface area contributed by atoms with E-state index in [0.717, 1.165) is 5.56 Å². The van der Waals surface area contributed by atoms with Crippen LogP contribution in [-0.2, 0) is 10.5 Å². The number of benzene rings is 1. The lowest BCUT2D eigenvalue weighted by Crippen LogP contribution is -2.28. The topological polar surface area (TPSA) is 62.2 Å². The summed E-state index contributed by atoms with van der Waals surface area (Å²) >= 11 is 1.26. The second-order valence-corrected chi connectivity index (χ2v) is 3.93. The summed E-state index contributed by atoms with van der Waals surface area (Å²) in [6.45, 7) is 2.03. The van der Waals surface area contributed by atoms with Crippen LogP contribution >= 0.6 is 24.2 Å². The van der Waals surface area contributed by atoms with Crippen LogP contribution in [0.5, 0.6) is 0 Å². The molecule has 0 saturated heterocycles. The molecule has 0 aliphatic carbocycles. The fraction of sp³-hybridized carbons (Fsp3) is 0.273. The number of halogens is 1. The molecule has 0 aromatic heterocycles. The van der Waals surface area contributed by atoms with Gasteiger partial charge in [-0.05, 0) is 12.5 Å². The highest BCUT2D eigenvalue weighted by Crippen LogP contribution is 2.11. The molecule has 1 rings (SSSR count). The number of amides is 1. The van der Waals surface area contributed by atoms with Gasteiger partial charge in [0, 0.05) is 5.75 Å². The molecular weight excluding hydrogens is 260 g/mol. The van der Waals surface area contributed by atoms with Crippen molar-refractivity contribution < 1.29 is 9.53 Å². The summed E-state index contributed by atoms with van der Waals surface area (Å²) in [4.78, 5) is 11.0. The number of nitrogens with one attached hydrogen (secondary N) is 2. The molecule has 2 N–H and O–H groups in total. The van der Waals surface area contributed by atoms with Crippen LogP contribution in [-0.4, -0.2) is 17.9 Å². The minimum atomic E-state index is -0.576. The first-order valence-electron chi connectivity index (χ1n) is 4.91. The first-order valence-corrected chi connectivity index (χ1v) is 5.90. The molecule has 0 atom stereocenters. The quantitative estimate of drug-likeness (QED) is 0.658. The predicted octanol–water partition coefficient (Wildman–Crippen LogP) is 3.02. The van der Waals surface area contributed by atoms with Crippen molar-refractivity contribution in [2.24, 2.45) is 0 Å². The molecule has 0 fully saturated rings. The fourth-order valence-corrected chi connectivity index (χ4v) is 1.68. The Labute approximate surface area is 111 Å². The van der Waals surface area contributed by atoms with Crippen LogP contribution in [0, 0.1) is 5.41 Å². The molecule has 0 aliphatic rings. The molecule has 1 aromatic carbocycles. The van der Waals surface area contributed by atoms with Gasteiger partial charge < -0.3 is 4.74 Å². The van der Waals surface area contributed by atoms with Gasteiger partial charge in [-0.1, -0.05) is 42.1 Å². The van der Waals surface area contributed by atoms with E-state index in [0.29, 0.717) is 12.4 Å². The highest BCUT2D eigenvalue weighted by Gasteiger charge is 2.04. The molecule has 1 amide bonds. The lowest BCUT2D eigenvalue weighted by atomic mass is 10.2. The number of carbonyl (C=O) groups excluding carboxylic acids is 1. The van der Waals surface area contributed by atoms with E-state index >= 15 is 0 Å². The van der Waals surface area contributed by atoms with Crippen LogP contribution in [0.3, 0.4) is 0 Å². The molecule has 6 heteroatoms. The Morgan fingerprint density at radius 2 is 2.06 bits per heavy atom. The van der Waals surface area contributed by atoms with Gasteiger partial charge >= 0.3 is 6.09 Å². The maximum absolute atomic E-state index is 11.0. The minimum Gasteiger partial charge on any atom is -0.450 e. The number of alkyl carbamates (subject to hydrolysis) is 1. The van der Waals surface area contributed by atoms with Gasteiger partial charge in [0.05, 0.1) is 6.61 Å². The Kier molecular flexibility index (Phi) is 8.27. The summed E-state index contributed by atoms with van der Waals surface area (Å²) in [5, 5.41) is 9.93. The largest absolute Gasteiger partial charge is 0.450 e. The van der Waals surface area contributed by atoms with E-state index in [1.54, 1.807) is 6.92 Å². The van der Waals surface area contributed by atoms with E-state index in [4.69, 9.17) is 5.41 Å². The number of ether oxygens (including phenoxy) is 1. The molecule has 0 aliphatic heterocycles. The van der Waals surface area contributed by atoms with E-state index < -0.39 is 6.09 Å². The first kappa shape index (κ1) is 15.8. The molecule has 0 saturated carbocycles. The van der Waals surface area contributed by atoms with E-state index in [1.807, 2.05) is 30.3 Å². The molecule has 0 radical (unpaired) electrons. The van der Waals surface area contributed by atoms with Gasteiger partial charge in [-0.15, -0.1) is 12.4 Å². The smallest absolute Gasteiger partial charge is 0.413 e. The van der Waals surface area contributed by atoms with Gasteiger partial charge in [0.15, 0.2) is 5.17 Å². The highest BCUT2D eigenvalue weighted by atomic mass is 35.5. The third kappa shape index (κ3) is 6.86. The summed E-state index contributed by atoms with van der Waals surface area (Å²) < 4.78 is 4.66. The Morgan fingerprint density at radius 3 is 2.65 bits per heavy atom. The van der Waals surface area contributed by atoms with Gasteiger partial charge in [-0.2, -0.15) is 0 Å². The molecule has 0 unspecified atom stereocenters. The standard InChI is InChI=1S/C11H14N2O2S.ClH/c1-2-15-11(14)13-10(12)16-8-9-6-4-3-5-7-9;/h3-7H,2,8H2,1H3,(H2,12,13,14);1H. The molecule has 0 bridgehead atoms. The average molecular weight is 275 g/mol. The number of hydrogen-bond donors (Lipinski definition) is 2. The molecule has 4 nitrogen and oxygen atoms in total. The zero-order valence-corrected chi connectivity index (χ0v) is 11.1. The van der Waals surface area contributed by atoms with E-state index in [2.05, 4.69) is 10.1 Å². The SMILES string of the molecule is CCOC(=O)NC(=N)SCc1ccccc1.Cl. The first-order chi connectivity index (χ1) is 7.72. The summed E-state index contributed by atoms with van der Waals surface area (Å²) in [5.74, 6) is 0.659. The van der Waals surface area contributed by atoms with Crippen molar-refractivity contribution in [3.05, 3.63) is 35.9 Å². The van der Waals surface area contributed by atoms with Crippen molar-refractivity contribution in [3.8, 4) is 0 Å². The Morgan fingerprint density at radius 1 is 1.41 bits per heavy atom. The van der Waals surface area contributed by atoms with Crippen LogP contribution in [0.25, 0.3) is 0 Å². The minimum absolute atomic E-state index is 0. The van der Waals surface area contributed by atoms with E-state index in [9.17, 15) is 4.79 Å². The number of hydrogen-bond acceptors (Lipinski definition) is 4. The van der Waals surface area contributed by atoms with Crippen molar-refractivity contribution >= 4 is 35.4 Å². The lowest BCUT2D eigenvalue weighted by molar-refractivity contribution is 0.158. The Hall–Kier alpha value is -1.20. The number of rotatable bonds is 3. The van der Waals surface area contributed by atoms with Crippen molar-refractivity contribution in [1.29, 1.82) is 5.41 Å². The third-order valence-corrected chi connectivity index (χ3v) is 2.59. The van der Waals surface area contributed by atoms with E-state index in [1.165, 1.54) is 11.8 Å². The normalized spacial score (nSPS) is 9.00. The van der Waals surface area contributed by atoms with Crippen LogP contribution in [0.2, 0.25) is 0 Å². The van der Waals surface area contributed by atoms with Crippen molar-refractivity contribution in [2.45, 2.75) is 12.7 Å². The summed E-state index contributed by atoms with van der Waals surface area (Å²) in [6.07, 6.45) is -0.576. The van der Waals surface area contributed by atoms with Gasteiger partial charge in [-0.3, -0.25) is 10.7 Å². The molecular formula is C11H15ClN2O2S. The summed E-state index contributed by atoms with van der Waals surface area (Å²) in [6, 6.07) is 9.78. The van der Waals surface area contributed by atoms with Crippen molar-refractivity contribution in [2.75, 3.05) is 6.61 Å². The average Bonchev–Trinajstić information content (AvgIpc) is 2.28. The van der Waals surface area contributed by atoms with Crippen molar-refractivity contribution in [3.63, 3.8) is 0 Å². The molecule has 0 heterocycles. The van der Waals surface area contributed by atoms with Gasteiger partial charge in [0.2, 0.25) is 0 Å². The van der Waals surface area contributed by atoms with Crippen molar-refractivity contribution in [1.82, 2.24) is 5.32 Å². The van der Waals surface area contributed by atoms with Crippen LogP contribution in [0.1, 0.15) is 12.5 Å². The number of carbonyl (C=O) groups is 1. The predicted molar refractivity (Wildman–Crippen MR) is 72.9 cm³/mol. The zero-order valence-electron chi connectivity index (χ0n) is 9.43. The van der Waals surface area contributed by atoms with Gasteiger partial charge in [0.1, 0.15) is 0 Å². The maximum Gasteiger partial charge on any atom is 0.413 e. The van der Waals surface area contributed by atoms with Gasteiger partial charge in [-0.25, -0.2) is 4.79 Å². The van der Waals surface area contributed by atoms with Gasteiger partial charge in [0.25, 0.3) is 0 Å². The van der Waals surface area contributed by atoms with Crippen LogP contribution in [0.15, 0.2) is 30.3 Å². The number of amidine groups is 1. The Balaban J connectivity index is 0.00000256. The highest BCUT2D eigenvalue weighted by molar-refractivity contribution is 8.13. The summed E-state index contributed by atoms with van der Waals surface area (Å²) in [7, 11) is 0. The fourth-order valence-electron chi connectivity index (χ4n) is 1.03. The summed E-state index contributed by atoms with van der Waals surface area (Å²) in [5.41, 5.74) is 1.11. The lowest BCUT2D eigenvalue weighted by Gasteiger charge is -2.05. The zero-order chi connectivity index (χ0) is 11.8. The number of thioether (sulfide) groups is 1. The Bertz CT molecular complexity index is 360. The van der Waals surface area contributed by atoms with Crippen LogP contribution in [0.4, 0.5) is 4.79 Å². The molecule has 0 spiro atoms. The molecule has 17 heavy (non-hydrogen) atoms. The molecule has 94 valence electrons. The maximum atomic E-state index is 11.0. The third-order valence-electron chi connectivity index (χ3n) is 1.72. The monoisotopic (exact) mass is 274 g/mol. The second-order valence-electron chi connectivity index (χ2n) is 2.95. The second kappa shape index (κ2) is 8.90. The molecule has 1 aromatic rings. The van der Waals surface area contributed by atoms with E-state index in [-0.39, 0.29) is 17.6 Å².